The second-order valence-corrected chi connectivity index (χ2v) is 6.13. The first-order chi connectivity index (χ1) is 11.0. The molecule has 0 aliphatic rings. The Kier molecular flexibility index (Phi) is 5.34. The lowest BCUT2D eigenvalue weighted by Gasteiger charge is -2.15. The van der Waals surface area contributed by atoms with Crippen molar-refractivity contribution in [2.45, 2.75) is 22.8 Å². The number of alkyl halides is 7. The van der Waals surface area contributed by atoms with Crippen LogP contribution >= 0.6 is 23.4 Å². The number of halogens is 8. The van der Waals surface area contributed by atoms with Gasteiger partial charge in [-0.1, -0.05) is 23.4 Å². The standard InChI is InChI=1S/C14H7ClF7NS/c15-9-1-2-11(23-6-9)12(16)24-10-4-7(13(17,18)19)3-8(5-10)14(20,21)22/h1-6,12H. The third-order valence-corrected chi connectivity index (χ3v) is 3.96. The third kappa shape index (κ3) is 4.76. The summed E-state index contributed by atoms with van der Waals surface area (Å²) in [4.78, 5) is 3.13. The molecular weight excluding hydrogens is 383 g/mol. The lowest BCUT2D eigenvalue weighted by Crippen LogP contribution is -2.11. The van der Waals surface area contributed by atoms with E-state index in [2.05, 4.69) is 4.98 Å². The van der Waals surface area contributed by atoms with Crippen molar-refractivity contribution in [2.24, 2.45) is 0 Å². The van der Waals surface area contributed by atoms with Crippen LogP contribution in [0.1, 0.15) is 22.3 Å². The van der Waals surface area contributed by atoms with E-state index in [1.165, 1.54) is 12.1 Å². The summed E-state index contributed by atoms with van der Waals surface area (Å²) in [6.45, 7) is 0. The SMILES string of the molecule is FC(Sc1cc(C(F)(F)F)cc(C(F)(F)F)c1)c1ccc(Cl)cn1. The first-order valence-electron chi connectivity index (χ1n) is 6.18. The van der Waals surface area contributed by atoms with E-state index in [0.717, 1.165) is 6.20 Å². The molecule has 1 atom stereocenters. The molecule has 1 aromatic carbocycles. The lowest BCUT2D eigenvalue weighted by atomic mass is 10.1. The van der Waals surface area contributed by atoms with Gasteiger partial charge in [-0.05, 0) is 30.3 Å². The molecule has 0 bridgehead atoms. The molecule has 1 aromatic heterocycles. The molecule has 1 unspecified atom stereocenters. The molecule has 0 fully saturated rings. The van der Waals surface area contributed by atoms with E-state index < -0.39 is 33.9 Å². The monoisotopic (exact) mass is 389 g/mol. The molecule has 0 N–H and O–H groups in total. The van der Waals surface area contributed by atoms with Gasteiger partial charge in [-0.2, -0.15) is 26.3 Å². The summed E-state index contributed by atoms with van der Waals surface area (Å²) in [7, 11) is 0. The van der Waals surface area contributed by atoms with Crippen molar-refractivity contribution in [3.05, 3.63) is 58.4 Å². The summed E-state index contributed by atoms with van der Waals surface area (Å²) < 4.78 is 90.6. The molecule has 1 heterocycles. The zero-order valence-electron chi connectivity index (χ0n) is 11.4. The van der Waals surface area contributed by atoms with Crippen molar-refractivity contribution in [1.29, 1.82) is 0 Å². The van der Waals surface area contributed by atoms with Crippen LogP contribution in [0, 0.1) is 0 Å². The van der Waals surface area contributed by atoms with Crippen molar-refractivity contribution >= 4 is 23.4 Å². The summed E-state index contributed by atoms with van der Waals surface area (Å²) in [6.07, 6.45) is -8.85. The smallest absolute Gasteiger partial charge is 0.256 e. The predicted molar refractivity (Wildman–Crippen MR) is 75.4 cm³/mol. The van der Waals surface area contributed by atoms with Gasteiger partial charge in [0.25, 0.3) is 0 Å². The van der Waals surface area contributed by atoms with E-state index in [1.807, 2.05) is 0 Å². The number of aromatic nitrogens is 1. The molecule has 2 rings (SSSR count). The van der Waals surface area contributed by atoms with E-state index in [1.54, 1.807) is 0 Å². The van der Waals surface area contributed by atoms with Crippen LogP contribution < -0.4 is 0 Å². The summed E-state index contributed by atoms with van der Waals surface area (Å²) >= 11 is 5.77. The molecule has 10 heteroatoms. The molecule has 2 aromatic rings. The summed E-state index contributed by atoms with van der Waals surface area (Å²) in [5, 5.41) is 0.217. The normalized spacial score (nSPS) is 13.8. The summed E-state index contributed by atoms with van der Waals surface area (Å²) in [6, 6.07) is 3.41. The van der Waals surface area contributed by atoms with Crippen LogP contribution in [0.2, 0.25) is 5.02 Å². The number of hydrogen-bond acceptors (Lipinski definition) is 2. The molecule has 24 heavy (non-hydrogen) atoms. The number of hydrogen-bond donors (Lipinski definition) is 0. The zero-order valence-corrected chi connectivity index (χ0v) is 13.0. The van der Waals surface area contributed by atoms with Crippen LogP contribution in [0.5, 0.6) is 0 Å². The second-order valence-electron chi connectivity index (χ2n) is 4.58. The first kappa shape index (κ1) is 18.9. The van der Waals surface area contributed by atoms with E-state index in [4.69, 9.17) is 11.6 Å². The maximum Gasteiger partial charge on any atom is 0.416 e. The highest BCUT2D eigenvalue weighted by Crippen LogP contribution is 2.42. The fourth-order valence-electron chi connectivity index (χ4n) is 1.70. The van der Waals surface area contributed by atoms with Crippen LogP contribution in [0.15, 0.2) is 41.4 Å². The quantitative estimate of drug-likeness (QED) is 0.437. The highest BCUT2D eigenvalue weighted by Gasteiger charge is 2.37. The van der Waals surface area contributed by atoms with Gasteiger partial charge in [0.1, 0.15) is 0 Å². The minimum absolute atomic E-state index is 0.0160. The summed E-state index contributed by atoms with van der Waals surface area (Å²) in [5.41, 5.74) is -5.13. The van der Waals surface area contributed by atoms with Crippen molar-refractivity contribution in [2.75, 3.05) is 0 Å². The molecule has 0 aliphatic heterocycles. The van der Waals surface area contributed by atoms with Crippen molar-refractivity contribution in [3.8, 4) is 0 Å². The highest BCUT2D eigenvalue weighted by atomic mass is 35.5. The molecular formula is C14H7ClF7NS. The number of thioether (sulfide) groups is 1. The van der Waals surface area contributed by atoms with Gasteiger partial charge in [0.05, 0.1) is 21.8 Å². The molecule has 1 nitrogen and oxygen atoms in total. The number of benzene rings is 1. The largest absolute Gasteiger partial charge is 0.416 e. The van der Waals surface area contributed by atoms with Gasteiger partial charge in [0.2, 0.25) is 0 Å². The Morgan fingerprint density at radius 1 is 0.917 bits per heavy atom. The number of pyridine rings is 1. The average Bonchev–Trinajstić information content (AvgIpc) is 2.45. The van der Waals surface area contributed by atoms with Crippen LogP contribution in [0.3, 0.4) is 0 Å². The molecule has 130 valence electrons. The van der Waals surface area contributed by atoms with E-state index in [9.17, 15) is 30.7 Å². The van der Waals surface area contributed by atoms with E-state index >= 15 is 0 Å². The molecule has 0 saturated carbocycles. The van der Waals surface area contributed by atoms with Crippen molar-refractivity contribution < 1.29 is 30.7 Å². The minimum atomic E-state index is -4.99. The second kappa shape index (κ2) is 6.79. The Hall–Kier alpha value is -1.48. The molecule has 0 radical (unpaired) electrons. The fraction of sp³-hybridized carbons (Fsp3) is 0.214. The Labute approximate surface area is 140 Å². The van der Waals surface area contributed by atoms with Crippen LogP contribution in [-0.2, 0) is 12.4 Å². The van der Waals surface area contributed by atoms with Gasteiger partial charge in [0, 0.05) is 11.1 Å². The predicted octanol–water partition coefficient (Wildman–Crippen LogP) is 6.53. The maximum absolute atomic E-state index is 14.1. The van der Waals surface area contributed by atoms with Gasteiger partial charge in [-0.15, -0.1) is 0 Å². The summed E-state index contributed by atoms with van der Waals surface area (Å²) in [5.74, 6) is 0. The van der Waals surface area contributed by atoms with Gasteiger partial charge in [-0.25, -0.2) is 4.39 Å². The molecule has 0 amide bonds. The molecule has 0 spiro atoms. The minimum Gasteiger partial charge on any atom is -0.256 e. The van der Waals surface area contributed by atoms with Gasteiger partial charge in [-0.3, -0.25) is 4.98 Å². The third-order valence-electron chi connectivity index (χ3n) is 2.78. The highest BCUT2D eigenvalue weighted by molar-refractivity contribution is 7.99. The Balaban J connectivity index is 2.36. The first-order valence-corrected chi connectivity index (χ1v) is 7.44. The molecule has 0 aliphatic carbocycles. The van der Waals surface area contributed by atoms with Gasteiger partial charge >= 0.3 is 12.4 Å². The number of rotatable bonds is 3. The van der Waals surface area contributed by atoms with Crippen LogP contribution in [0.4, 0.5) is 30.7 Å². The maximum atomic E-state index is 14.1. The lowest BCUT2D eigenvalue weighted by molar-refractivity contribution is -0.143. The molecule has 0 saturated heterocycles. The topological polar surface area (TPSA) is 12.9 Å². The van der Waals surface area contributed by atoms with Crippen LogP contribution in [0.25, 0.3) is 0 Å². The van der Waals surface area contributed by atoms with Crippen LogP contribution in [-0.4, -0.2) is 4.98 Å². The fourth-order valence-corrected chi connectivity index (χ4v) is 2.70. The van der Waals surface area contributed by atoms with Gasteiger partial charge in [0.15, 0.2) is 5.50 Å². The zero-order chi connectivity index (χ0) is 18.1. The Morgan fingerprint density at radius 3 is 1.88 bits per heavy atom. The Bertz CT molecular complexity index is 680. The Morgan fingerprint density at radius 2 is 1.46 bits per heavy atom. The van der Waals surface area contributed by atoms with E-state index in [0.29, 0.717) is 12.1 Å². The number of nitrogens with zero attached hydrogens (tertiary/aromatic N) is 1. The van der Waals surface area contributed by atoms with E-state index in [-0.39, 0.29) is 28.5 Å². The van der Waals surface area contributed by atoms with Crippen molar-refractivity contribution in [3.63, 3.8) is 0 Å². The average molecular weight is 390 g/mol. The van der Waals surface area contributed by atoms with Crippen molar-refractivity contribution in [1.82, 2.24) is 4.98 Å². The van der Waals surface area contributed by atoms with Gasteiger partial charge < -0.3 is 0 Å².